The molecule has 2 aromatic rings. The summed E-state index contributed by atoms with van der Waals surface area (Å²) in [5, 5.41) is 4.13. The maximum atomic E-state index is 12.4. The van der Waals surface area contributed by atoms with Gasteiger partial charge in [0.05, 0.1) is 6.54 Å². The number of rotatable bonds is 5. The number of nitrogens with one attached hydrogen (secondary N) is 1. The first-order valence-corrected chi connectivity index (χ1v) is 9.22. The lowest BCUT2D eigenvalue weighted by molar-refractivity contribution is 0.203. The molecule has 128 valence electrons. The molecule has 3 rings (SSSR count). The topological polar surface area (TPSA) is 48.5 Å². The van der Waals surface area contributed by atoms with Crippen LogP contribution in [0.4, 0.5) is 10.5 Å². The molecule has 6 heteroatoms. The van der Waals surface area contributed by atoms with Gasteiger partial charge in [-0.1, -0.05) is 25.1 Å². The van der Waals surface area contributed by atoms with E-state index in [1.807, 2.05) is 31.4 Å². The highest BCUT2D eigenvalue weighted by atomic mass is 32.1. The van der Waals surface area contributed by atoms with E-state index < -0.39 is 0 Å². The van der Waals surface area contributed by atoms with Gasteiger partial charge in [-0.25, -0.2) is 9.78 Å². The molecule has 1 aliphatic rings. The minimum atomic E-state index is -0.0249. The summed E-state index contributed by atoms with van der Waals surface area (Å²) in [5.74, 6) is 0. The fraction of sp³-hybridized carbons (Fsp3) is 0.444. The number of aryl methyl sites for hydroxylation is 1. The molecule has 5 nitrogen and oxygen atoms in total. The first kappa shape index (κ1) is 16.8. The van der Waals surface area contributed by atoms with Crippen molar-refractivity contribution in [3.8, 4) is 0 Å². The number of para-hydroxylation sites is 1. The van der Waals surface area contributed by atoms with Crippen LogP contribution in [-0.4, -0.2) is 42.1 Å². The molecule has 0 aliphatic carbocycles. The number of thiazole rings is 1. The summed E-state index contributed by atoms with van der Waals surface area (Å²) >= 11 is 1.68. The molecule has 0 radical (unpaired) electrons. The van der Waals surface area contributed by atoms with Crippen LogP contribution in [0.25, 0.3) is 0 Å². The van der Waals surface area contributed by atoms with E-state index in [4.69, 9.17) is 0 Å². The molecule has 1 unspecified atom stereocenters. The van der Waals surface area contributed by atoms with E-state index in [1.165, 1.54) is 10.6 Å². The predicted octanol–water partition coefficient (Wildman–Crippen LogP) is 3.13. The van der Waals surface area contributed by atoms with Crippen LogP contribution in [0.5, 0.6) is 0 Å². The summed E-state index contributed by atoms with van der Waals surface area (Å²) < 4.78 is 0. The van der Waals surface area contributed by atoms with Gasteiger partial charge in [0.15, 0.2) is 0 Å². The number of hydrogen-bond donors (Lipinski definition) is 1. The van der Waals surface area contributed by atoms with Gasteiger partial charge in [-0.15, -0.1) is 11.3 Å². The Labute approximate surface area is 147 Å². The number of nitrogens with zero attached hydrogens (tertiary/aromatic N) is 3. The summed E-state index contributed by atoms with van der Waals surface area (Å²) in [6, 6.07) is 10.5. The smallest absolute Gasteiger partial charge is 0.317 e. The van der Waals surface area contributed by atoms with Crippen molar-refractivity contribution in [3.05, 3.63) is 46.4 Å². The molecule has 1 aliphatic heterocycles. The third-order valence-electron chi connectivity index (χ3n) is 4.31. The van der Waals surface area contributed by atoms with Crippen LogP contribution < -0.4 is 10.2 Å². The third kappa shape index (κ3) is 4.06. The first-order chi connectivity index (χ1) is 11.7. The van der Waals surface area contributed by atoms with E-state index in [0.717, 1.165) is 30.9 Å². The number of carbonyl (C=O) groups is 1. The van der Waals surface area contributed by atoms with Crippen molar-refractivity contribution < 1.29 is 4.79 Å². The van der Waals surface area contributed by atoms with Crippen molar-refractivity contribution in [3.63, 3.8) is 0 Å². The lowest BCUT2D eigenvalue weighted by atomic mass is 10.3. The monoisotopic (exact) mass is 344 g/mol. The van der Waals surface area contributed by atoms with Gasteiger partial charge in [0.25, 0.3) is 0 Å². The molecule has 2 amide bonds. The Morgan fingerprint density at radius 2 is 2.21 bits per heavy atom. The van der Waals surface area contributed by atoms with Crippen LogP contribution in [0.1, 0.15) is 23.2 Å². The normalized spacial score (nSPS) is 17.1. The molecule has 0 spiro atoms. The summed E-state index contributed by atoms with van der Waals surface area (Å²) in [7, 11) is 1.83. The molecule has 1 aromatic carbocycles. The zero-order chi connectivity index (χ0) is 16.9. The van der Waals surface area contributed by atoms with Crippen molar-refractivity contribution in [2.24, 2.45) is 0 Å². The van der Waals surface area contributed by atoms with Crippen molar-refractivity contribution in [1.29, 1.82) is 0 Å². The van der Waals surface area contributed by atoms with E-state index in [-0.39, 0.29) is 12.1 Å². The summed E-state index contributed by atoms with van der Waals surface area (Å²) in [5.41, 5.74) is 1.22. The SMILES string of the molecule is CCc1cnc(CN(C)C(=O)NC2CCN(c3ccccc3)C2)s1. The second-order valence-electron chi connectivity index (χ2n) is 6.15. The van der Waals surface area contributed by atoms with Gasteiger partial charge in [0.1, 0.15) is 5.01 Å². The quantitative estimate of drug-likeness (QED) is 0.906. The van der Waals surface area contributed by atoms with Crippen LogP contribution in [-0.2, 0) is 13.0 Å². The molecule has 24 heavy (non-hydrogen) atoms. The molecule has 1 fully saturated rings. The van der Waals surface area contributed by atoms with Crippen LogP contribution in [0.2, 0.25) is 0 Å². The predicted molar refractivity (Wildman–Crippen MR) is 98.6 cm³/mol. The first-order valence-electron chi connectivity index (χ1n) is 8.41. The molecule has 2 heterocycles. The molecule has 0 saturated carbocycles. The van der Waals surface area contributed by atoms with Gasteiger partial charge in [0, 0.05) is 42.9 Å². The number of amides is 2. The Morgan fingerprint density at radius 3 is 2.92 bits per heavy atom. The van der Waals surface area contributed by atoms with Crippen molar-refractivity contribution >= 4 is 23.1 Å². The Morgan fingerprint density at radius 1 is 1.42 bits per heavy atom. The Hall–Kier alpha value is -2.08. The molecule has 1 aromatic heterocycles. The lowest BCUT2D eigenvalue weighted by Gasteiger charge is -2.21. The number of aromatic nitrogens is 1. The van der Waals surface area contributed by atoms with Gasteiger partial charge >= 0.3 is 6.03 Å². The average molecular weight is 344 g/mol. The summed E-state index contributed by atoms with van der Waals surface area (Å²) in [6.45, 7) is 4.52. The van der Waals surface area contributed by atoms with Crippen molar-refractivity contribution in [2.75, 3.05) is 25.0 Å². The molecule has 1 atom stereocenters. The Kier molecular flexibility index (Phi) is 5.35. The number of carbonyl (C=O) groups excluding carboxylic acids is 1. The standard InChI is InChI=1S/C18H24N4OS/c1-3-16-11-19-17(24-16)13-21(2)18(23)20-14-9-10-22(12-14)15-7-5-4-6-8-15/h4-8,11,14H,3,9-10,12-13H2,1-2H3,(H,20,23). The van der Waals surface area contributed by atoms with Crippen LogP contribution >= 0.6 is 11.3 Å². The van der Waals surface area contributed by atoms with Gasteiger partial charge < -0.3 is 15.1 Å². The van der Waals surface area contributed by atoms with Gasteiger partial charge in [-0.05, 0) is 25.0 Å². The Balaban J connectivity index is 1.49. The minimum Gasteiger partial charge on any atom is -0.369 e. The highest BCUT2D eigenvalue weighted by Crippen LogP contribution is 2.20. The van der Waals surface area contributed by atoms with E-state index in [9.17, 15) is 4.79 Å². The average Bonchev–Trinajstić information content (AvgIpc) is 3.25. The molecular weight excluding hydrogens is 320 g/mol. The molecular formula is C18H24N4OS. The van der Waals surface area contributed by atoms with Gasteiger partial charge in [-0.2, -0.15) is 0 Å². The lowest BCUT2D eigenvalue weighted by Crippen LogP contribution is -2.43. The summed E-state index contributed by atoms with van der Waals surface area (Å²) in [6.07, 6.45) is 3.87. The third-order valence-corrected chi connectivity index (χ3v) is 5.43. The molecule has 1 N–H and O–H groups in total. The fourth-order valence-electron chi connectivity index (χ4n) is 2.90. The highest BCUT2D eigenvalue weighted by Gasteiger charge is 2.25. The zero-order valence-corrected chi connectivity index (χ0v) is 15.1. The van der Waals surface area contributed by atoms with Gasteiger partial charge in [0.2, 0.25) is 0 Å². The van der Waals surface area contributed by atoms with Crippen LogP contribution in [0, 0.1) is 0 Å². The second kappa shape index (κ2) is 7.66. The van der Waals surface area contributed by atoms with E-state index in [2.05, 4.69) is 34.3 Å². The van der Waals surface area contributed by atoms with Crippen molar-refractivity contribution in [2.45, 2.75) is 32.4 Å². The second-order valence-corrected chi connectivity index (χ2v) is 7.35. The van der Waals surface area contributed by atoms with Crippen molar-refractivity contribution in [1.82, 2.24) is 15.2 Å². The van der Waals surface area contributed by atoms with E-state index in [0.29, 0.717) is 6.54 Å². The Bertz CT molecular complexity index is 673. The van der Waals surface area contributed by atoms with E-state index in [1.54, 1.807) is 16.2 Å². The number of hydrogen-bond acceptors (Lipinski definition) is 4. The van der Waals surface area contributed by atoms with Gasteiger partial charge in [-0.3, -0.25) is 0 Å². The highest BCUT2D eigenvalue weighted by molar-refractivity contribution is 7.11. The number of anilines is 1. The maximum absolute atomic E-state index is 12.4. The largest absolute Gasteiger partial charge is 0.369 e. The zero-order valence-electron chi connectivity index (χ0n) is 14.2. The number of urea groups is 1. The van der Waals surface area contributed by atoms with Crippen LogP contribution in [0.15, 0.2) is 36.5 Å². The fourth-order valence-corrected chi connectivity index (χ4v) is 3.81. The molecule has 0 bridgehead atoms. The number of benzene rings is 1. The van der Waals surface area contributed by atoms with Crippen LogP contribution in [0.3, 0.4) is 0 Å². The van der Waals surface area contributed by atoms with E-state index >= 15 is 0 Å². The maximum Gasteiger partial charge on any atom is 0.317 e. The molecule has 1 saturated heterocycles. The summed E-state index contributed by atoms with van der Waals surface area (Å²) in [4.78, 5) is 22.1. The minimum absolute atomic E-state index is 0.0249.